The SMILES string of the molecule is O=C(O)C(CF)NC(=O)C1CCC(=O)N(Cc2ccccc2)C1c1ccccc1. The summed E-state index contributed by atoms with van der Waals surface area (Å²) in [5.41, 5.74) is 1.71. The first-order chi connectivity index (χ1) is 14.0. The van der Waals surface area contributed by atoms with Gasteiger partial charge in [0.25, 0.3) is 0 Å². The van der Waals surface area contributed by atoms with Gasteiger partial charge in [0.15, 0.2) is 6.04 Å². The average molecular weight is 398 g/mol. The second-order valence-electron chi connectivity index (χ2n) is 7.06. The van der Waals surface area contributed by atoms with Crippen molar-refractivity contribution in [3.8, 4) is 0 Å². The second kappa shape index (κ2) is 9.32. The molecule has 1 aliphatic rings. The predicted molar refractivity (Wildman–Crippen MR) is 104 cm³/mol. The highest BCUT2D eigenvalue weighted by molar-refractivity contribution is 5.88. The van der Waals surface area contributed by atoms with Crippen LogP contribution in [0.25, 0.3) is 0 Å². The summed E-state index contributed by atoms with van der Waals surface area (Å²) in [6, 6.07) is 16.5. The van der Waals surface area contributed by atoms with E-state index in [0.29, 0.717) is 6.54 Å². The fourth-order valence-corrected chi connectivity index (χ4v) is 3.70. The lowest BCUT2D eigenvalue weighted by Crippen LogP contribution is -2.51. The number of carbonyl (C=O) groups is 3. The van der Waals surface area contributed by atoms with E-state index in [1.165, 1.54) is 0 Å². The van der Waals surface area contributed by atoms with Gasteiger partial charge in [0.2, 0.25) is 11.8 Å². The number of carboxylic acid groups (broad SMARTS) is 1. The van der Waals surface area contributed by atoms with Crippen molar-refractivity contribution in [2.75, 3.05) is 6.67 Å². The van der Waals surface area contributed by atoms with Gasteiger partial charge in [-0.2, -0.15) is 0 Å². The van der Waals surface area contributed by atoms with E-state index in [9.17, 15) is 18.8 Å². The first-order valence-electron chi connectivity index (χ1n) is 9.48. The summed E-state index contributed by atoms with van der Waals surface area (Å²) in [6.07, 6.45) is 0.440. The molecule has 0 radical (unpaired) electrons. The molecule has 1 heterocycles. The van der Waals surface area contributed by atoms with E-state index in [1.54, 1.807) is 4.90 Å². The standard InChI is InChI=1S/C22H23FN2O4/c23-13-18(22(28)29)24-21(27)17-11-12-19(26)25(14-15-7-3-1-4-8-15)20(17)16-9-5-2-6-10-16/h1-10,17-18,20H,11-14H2,(H,24,27)(H,28,29). The van der Waals surface area contributed by atoms with Gasteiger partial charge in [-0.15, -0.1) is 0 Å². The highest BCUT2D eigenvalue weighted by Crippen LogP contribution is 2.38. The van der Waals surface area contributed by atoms with Crippen LogP contribution in [-0.4, -0.2) is 40.5 Å². The summed E-state index contributed by atoms with van der Waals surface area (Å²) >= 11 is 0. The van der Waals surface area contributed by atoms with E-state index in [-0.39, 0.29) is 18.7 Å². The maximum absolute atomic E-state index is 13.0. The third-order valence-corrected chi connectivity index (χ3v) is 5.15. The van der Waals surface area contributed by atoms with Gasteiger partial charge in [-0.25, -0.2) is 9.18 Å². The first kappa shape index (κ1) is 20.5. The Morgan fingerprint density at radius 2 is 1.72 bits per heavy atom. The molecule has 3 rings (SSSR count). The van der Waals surface area contributed by atoms with E-state index >= 15 is 0 Å². The number of likely N-dealkylation sites (tertiary alicyclic amines) is 1. The highest BCUT2D eigenvalue weighted by atomic mass is 19.1. The van der Waals surface area contributed by atoms with Gasteiger partial charge < -0.3 is 15.3 Å². The van der Waals surface area contributed by atoms with Crippen LogP contribution in [0.4, 0.5) is 4.39 Å². The number of rotatable bonds is 7. The Morgan fingerprint density at radius 1 is 1.10 bits per heavy atom. The maximum Gasteiger partial charge on any atom is 0.328 e. The van der Waals surface area contributed by atoms with Crippen molar-refractivity contribution in [2.24, 2.45) is 5.92 Å². The van der Waals surface area contributed by atoms with E-state index in [2.05, 4.69) is 5.32 Å². The number of alkyl halides is 1. The smallest absolute Gasteiger partial charge is 0.328 e. The molecule has 2 N–H and O–H groups in total. The number of hydrogen-bond donors (Lipinski definition) is 2. The molecule has 1 aliphatic heterocycles. The normalized spacial score (nSPS) is 20.2. The Bertz CT molecular complexity index is 860. The van der Waals surface area contributed by atoms with Gasteiger partial charge in [0, 0.05) is 13.0 Å². The van der Waals surface area contributed by atoms with Gasteiger partial charge >= 0.3 is 5.97 Å². The van der Waals surface area contributed by atoms with Crippen LogP contribution in [0, 0.1) is 5.92 Å². The number of amides is 2. The summed E-state index contributed by atoms with van der Waals surface area (Å²) in [5.74, 6) is -2.74. The van der Waals surface area contributed by atoms with Crippen molar-refractivity contribution in [1.82, 2.24) is 10.2 Å². The van der Waals surface area contributed by atoms with Crippen LogP contribution < -0.4 is 5.32 Å². The fraction of sp³-hybridized carbons (Fsp3) is 0.318. The van der Waals surface area contributed by atoms with Gasteiger partial charge in [-0.05, 0) is 17.5 Å². The number of hydrogen-bond acceptors (Lipinski definition) is 3. The Labute approximate surface area is 168 Å². The Morgan fingerprint density at radius 3 is 2.31 bits per heavy atom. The predicted octanol–water partition coefficient (Wildman–Crippen LogP) is 2.71. The lowest BCUT2D eigenvalue weighted by molar-refractivity contribution is -0.148. The third kappa shape index (κ3) is 4.80. The highest BCUT2D eigenvalue weighted by Gasteiger charge is 2.41. The second-order valence-corrected chi connectivity index (χ2v) is 7.06. The van der Waals surface area contributed by atoms with Crippen LogP contribution in [0.1, 0.15) is 30.0 Å². The molecule has 0 bridgehead atoms. The topological polar surface area (TPSA) is 86.7 Å². The number of carboxylic acids is 1. The molecule has 7 heteroatoms. The Kier molecular flexibility index (Phi) is 6.59. The van der Waals surface area contributed by atoms with Gasteiger partial charge in [-0.1, -0.05) is 60.7 Å². The molecule has 0 aliphatic carbocycles. The van der Waals surface area contributed by atoms with Crippen LogP contribution in [0.2, 0.25) is 0 Å². The van der Waals surface area contributed by atoms with Gasteiger partial charge in [0.1, 0.15) is 6.67 Å². The Hall–Kier alpha value is -3.22. The summed E-state index contributed by atoms with van der Waals surface area (Å²) in [4.78, 5) is 38.5. The van der Waals surface area contributed by atoms with Crippen LogP contribution in [0.15, 0.2) is 60.7 Å². The molecule has 1 saturated heterocycles. The van der Waals surface area contributed by atoms with Crippen molar-refractivity contribution in [3.63, 3.8) is 0 Å². The largest absolute Gasteiger partial charge is 0.480 e. The molecule has 2 amide bonds. The molecular weight excluding hydrogens is 375 g/mol. The zero-order chi connectivity index (χ0) is 20.8. The zero-order valence-corrected chi connectivity index (χ0v) is 15.8. The molecule has 152 valence electrons. The number of aliphatic carboxylic acids is 1. The van der Waals surface area contributed by atoms with Crippen molar-refractivity contribution in [1.29, 1.82) is 0 Å². The van der Waals surface area contributed by atoms with E-state index in [1.807, 2.05) is 60.7 Å². The first-order valence-corrected chi connectivity index (χ1v) is 9.48. The van der Waals surface area contributed by atoms with Crippen LogP contribution in [-0.2, 0) is 20.9 Å². The summed E-state index contributed by atoms with van der Waals surface area (Å²) in [5, 5.41) is 11.4. The number of carbonyl (C=O) groups excluding carboxylic acids is 2. The summed E-state index contributed by atoms with van der Waals surface area (Å²) in [6.45, 7) is -0.870. The molecule has 1 fully saturated rings. The van der Waals surface area contributed by atoms with Crippen LogP contribution >= 0.6 is 0 Å². The van der Waals surface area contributed by atoms with Crippen molar-refractivity contribution < 1.29 is 23.9 Å². The minimum atomic E-state index is -1.60. The number of nitrogens with one attached hydrogen (secondary N) is 1. The van der Waals surface area contributed by atoms with Crippen LogP contribution in [0.5, 0.6) is 0 Å². The monoisotopic (exact) mass is 398 g/mol. The zero-order valence-electron chi connectivity index (χ0n) is 15.8. The van der Waals surface area contributed by atoms with Gasteiger partial charge in [0.05, 0.1) is 12.0 Å². The Balaban J connectivity index is 1.93. The molecule has 3 unspecified atom stereocenters. The van der Waals surface area contributed by atoms with Gasteiger partial charge in [-0.3, -0.25) is 9.59 Å². The molecular formula is C22H23FN2O4. The molecule has 6 nitrogen and oxygen atoms in total. The average Bonchev–Trinajstić information content (AvgIpc) is 2.74. The molecule has 29 heavy (non-hydrogen) atoms. The fourth-order valence-electron chi connectivity index (χ4n) is 3.70. The van der Waals surface area contributed by atoms with E-state index in [0.717, 1.165) is 11.1 Å². The lowest BCUT2D eigenvalue weighted by atomic mass is 9.83. The minimum absolute atomic E-state index is 0.0768. The molecule has 3 atom stereocenters. The summed E-state index contributed by atoms with van der Waals surface area (Å²) in [7, 11) is 0. The number of halogens is 1. The number of piperidine rings is 1. The molecule has 2 aromatic rings. The lowest BCUT2D eigenvalue weighted by Gasteiger charge is -2.41. The number of nitrogens with zero attached hydrogens (tertiary/aromatic N) is 1. The quantitative estimate of drug-likeness (QED) is 0.751. The van der Waals surface area contributed by atoms with Crippen molar-refractivity contribution >= 4 is 17.8 Å². The third-order valence-electron chi connectivity index (χ3n) is 5.15. The van der Waals surface area contributed by atoms with Crippen molar-refractivity contribution in [2.45, 2.75) is 31.5 Å². The van der Waals surface area contributed by atoms with Crippen LogP contribution in [0.3, 0.4) is 0 Å². The van der Waals surface area contributed by atoms with E-state index < -0.39 is 36.6 Å². The molecule has 0 spiro atoms. The van der Waals surface area contributed by atoms with Crippen molar-refractivity contribution in [3.05, 3.63) is 71.8 Å². The molecule has 2 aromatic carbocycles. The summed E-state index contributed by atoms with van der Waals surface area (Å²) < 4.78 is 13.0. The van der Waals surface area contributed by atoms with E-state index in [4.69, 9.17) is 5.11 Å². The molecule has 0 saturated carbocycles. The number of benzene rings is 2. The molecule has 0 aromatic heterocycles. The minimum Gasteiger partial charge on any atom is -0.480 e. The maximum atomic E-state index is 13.0.